The first kappa shape index (κ1) is 14.7. The van der Waals surface area contributed by atoms with E-state index in [2.05, 4.69) is 54.5 Å². The number of nitrogens with one attached hydrogen (secondary N) is 2. The maximum absolute atomic E-state index is 11.7. The smallest absolute Gasteiger partial charge is 0.239 e. The molecule has 1 aromatic rings. The van der Waals surface area contributed by atoms with Gasteiger partial charge in [-0.3, -0.25) is 4.79 Å². The van der Waals surface area contributed by atoms with Gasteiger partial charge in [0, 0.05) is 30.5 Å². The molecular weight excluding hydrogens is 250 g/mol. The number of hydrogen-bond acceptors (Lipinski definition) is 3. The summed E-state index contributed by atoms with van der Waals surface area (Å²) in [6.45, 7) is 8.76. The molecule has 2 N–H and O–H groups in total. The van der Waals surface area contributed by atoms with Crippen LogP contribution in [0.4, 0.5) is 11.4 Å². The summed E-state index contributed by atoms with van der Waals surface area (Å²) in [5.74, 6) is 0.0831. The number of nitrogens with zero attached hydrogens (tertiary/aromatic N) is 1. The summed E-state index contributed by atoms with van der Waals surface area (Å²) >= 11 is 0. The molecule has 1 aliphatic rings. The van der Waals surface area contributed by atoms with Gasteiger partial charge in [-0.2, -0.15) is 0 Å². The van der Waals surface area contributed by atoms with E-state index in [0.717, 1.165) is 31.6 Å². The van der Waals surface area contributed by atoms with E-state index in [1.807, 2.05) is 0 Å². The minimum absolute atomic E-state index is 0.0831. The number of rotatable bonds is 7. The van der Waals surface area contributed by atoms with Gasteiger partial charge in [0.05, 0.1) is 6.54 Å². The number of carbonyl (C=O) groups is 1. The zero-order valence-corrected chi connectivity index (χ0v) is 12.7. The van der Waals surface area contributed by atoms with Gasteiger partial charge >= 0.3 is 0 Å². The fourth-order valence-corrected chi connectivity index (χ4v) is 2.31. The second-order valence-electron chi connectivity index (χ2n) is 5.37. The van der Waals surface area contributed by atoms with E-state index in [1.54, 1.807) is 0 Å². The van der Waals surface area contributed by atoms with Gasteiger partial charge in [0.2, 0.25) is 5.91 Å². The van der Waals surface area contributed by atoms with Crippen LogP contribution in [0.25, 0.3) is 0 Å². The zero-order chi connectivity index (χ0) is 14.5. The summed E-state index contributed by atoms with van der Waals surface area (Å²) < 4.78 is 0. The lowest BCUT2D eigenvalue weighted by molar-refractivity contribution is -0.119. The van der Waals surface area contributed by atoms with Crippen molar-refractivity contribution in [3.63, 3.8) is 0 Å². The van der Waals surface area contributed by atoms with Crippen LogP contribution < -0.4 is 15.5 Å². The number of hydrogen-bond donors (Lipinski definition) is 2. The molecule has 0 aliphatic heterocycles. The highest BCUT2D eigenvalue weighted by Crippen LogP contribution is 2.22. The van der Waals surface area contributed by atoms with Crippen molar-refractivity contribution in [1.29, 1.82) is 0 Å². The molecule has 110 valence electrons. The SMILES string of the molecule is CCN(CC)c1ccc(NCC(=O)NC2CC2)c(C)c1. The standard InChI is InChI=1S/C16H25N3O/c1-4-19(5-2)14-8-9-15(12(3)10-14)17-11-16(20)18-13-6-7-13/h8-10,13,17H,4-7,11H2,1-3H3,(H,18,20). The Bertz CT molecular complexity index is 465. The molecular formula is C16H25N3O. The minimum atomic E-state index is 0.0831. The normalized spacial score (nSPS) is 13.9. The van der Waals surface area contributed by atoms with Crippen LogP contribution in [-0.2, 0) is 4.79 Å². The largest absolute Gasteiger partial charge is 0.376 e. The molecule has 20 heavy (non-hydrogen) atoms. The second-order valence-corrected chi connectivity index (χ2v) is 5.37. The lowest BCUT2D eigenvalue weighted by Crippen LogP contribution is -2.31. The molecule has 0 heterocycles. The molecule has 1 saturated carbocycles. The molecule has 0 atom stereocenters. The van der Waals surface area contributed by atoms with Crippen LogP contribution in [-0.4, -0.2) is 31.6 Å². The molecule has 4 heteroatoms. The van der Waals surface area contributed by atoms with Crippen LogP contribution >= 0.6 is 0 Å². The molecule has 4 nitrogen and oxygen atoms in total. The van der Waals surface area contributed by atoms with Crippen molar-refractivity contribution in [2.45, 2.75) is 39.7 Å². The van der Waals surface area contributed by atoms with Crippen molar-refractivity contribution in [1.82, 2.24) is 5.32 Å². The third kappa shape index (κ3) is 3.89. The molecule has 0 radical (unpaired) electrons. The molecule has 0 saturated heterocycles. The van der Waals surface area contributed by atoms with Crippen LogP contribution in [0.1, 0.15) is 32.3 Å². The van der Waals surface area contributed by atoms with Crippen molar-refractivity contribution < 1.29 is 4.79 Å². The summed E-state index contributed by atoms with van der Waals surface area (Å²) in [7, 11) is 0. The van der Waals surface area contributed by atoms with E-state index in [4.69, 9.17) is 0 Å². The van der Waals surface area contributed by atoms with Crippen molar-refractivity contribution >= 4 is 17.3 Å². The average Bonchev–Trinajstić information content (AvgIpc) is 3.23. The van der Waals surface area contributed by atoms with E-state index in [-0.39, 0.29) is 5.91 Å². The van der Waals surface area contributed by atoms with Crippen LogP contribution in [0.2, 0.25) is 0 Å². The van der Waals surface area contributed by atoms with Gasteiger partial charge in [-0.1, -0.05) is 0 Å². The summed E-state index contributed by atoms with van der Waals surface area (Å²) in [4.78, 5) is 14.0. The molecule has 1 fully saturated rings. The number of benzene rings is 1. The molecule has 0 spiro atoms. The lowest BCUT2D eigenvalue weighted by atomic mass is 10.1. The predicted octanol–water partition coefficient (Wildman–Crippen LogP) is 2.53. The minimum Gasteiger partial charge on any atom is -0.376 e. The number of aryl methyl sites for hydroxylation is 1. The number of anilines is 2. The van der Waals surface area contributed by atoms with E-state index >= 15 is 0 Å². The van der Waals surface area contributed by atoms with Crippen molar-refractivity contribution in [2.24, 2.45) is 0 Å². The Morgan fingerprint density at radius 3 is 2.55 bits per heavy atom. The number of amides is 1. The third-order valence-electron chi connectivity index (χ3n) is 3.72. The van der Waals surface area contributed by atoms with Gasteiger partial charge in [0.15, 0.2) is 0 Å². The summed E-state index contributed by atoms with van der Waals surface area (Å²) in [5.41, 5.74) is 3.45. The van der Waals surface area contributed by atoms with Gasteiger partial charge in [-0.15, -0.1) is 0 Å². The summed E-state index contributed by atoms with van der Waals surface area (Å²) in [6.07, 6.45) is 2.26. The quantitative estimate of drug-likeness (QED) is 0.803. The van der Waals surface area contributed by atoms with Crippen LogP contribution in [0.15, 0.2) is 18.2 Å². The van der Waals surface area contributed by atoms with Crippen molar-refractivity contribution in [2.75, 3.05) is 29.9 Å². The Morgan fingerprint density at radius 1 is 1.30 bits per heavy atom. The van der Waals surface area contributed by atoms with E-state index < -0.39 is 0 Å². The second kappa shape index (κ2) is 6.64. The molecule has 1 aromatic carbocycles. The first-order chi connectivity index (χ1) is 9.63. The third-order valence-corrected chi connectivity index (χ3v) is 3.72. The fraction of sp³-hybridized carbons (Fsp3) is 0.562. The molecule has 1 aliphatic carbocycles. The average molecular weight is 275 g/mol. The fourth-order valence-electron chi connectivity index (χ4n) is 2.31. The van der Waals surface area contributed by atoms with Gasteiger partial charge in [-0.25, -0.2) is 0 Å². The monoisotopic (exact) mass is 275 g/mol. The van der Waals surface area contributed by atoms with Gasteiger partial charge < -0.3 is 15.5 Å². The van der Waals surface area contributed by atoms with Gasteiger partial charge in [-0.05, 0) is 57.4 Å². The van der Waals surface area contributed by atoms with E-state index in [9.17, 15) is 4.79 Å². The van der Waals surface area contributed by atoms with Crippen LogP contribution in [0.5, 0.6) is 0 Å². The number of carbonyl (C=O) groups excluding carboxylic acids is 1. The van der Waals surface area contributed by atoms with Gasteiger partial charge in [0.1, 0.15) is 0 Å². The van der Waals surface area contributed by atoms with Crippen molar-refractivity contribution in [3.05, 3.63) is 23.8 Å². The highest BCUT2D eigenvalue weighted by molar-refractivity contribution is 5.81. The molecule has 0 unspecified atom stereocenters. The Balaban J connectivity index is 1.92. The van der Waals surface area contributed by atoms with Crippen LogP contribution in [0, 0.1) is 6.92 Å². The van der Waals surface area contributed by atoms with Gasteiger partial charge in [0.25, 0.3) is 0 Å². The van der Waals surface area contributed by atoms with Crippen LogP contribution in [0.3, 0.4) is 0 Å². The Hall–Kier alpha value is -1.71. The predicted molar refractivity (Wildman–Crippen MR) is 84.4 cm³/mol. The Labute approximate surface area is 121 Å². The zero-order valence-electron chi connectivity index (χ0n) is 12.7. The maximum Gasteiger partial charge on any atom is 0.239 e. The Kier molecular flexibility index (Phi) is 4.88. The van der Waals surface area contributed by atoms with E-state index in [0.29, 0.717) is 12.6 Å². The molecule has 0 aromatic heterocycles. The summed E-state index contributed by atoms with van der Waals surface area (Å²) in [5, 5.41) is 6.20. The first-order valence-corrected chi connectivity index (χ1v) is 7.52. The highest BCUT2D eigenvalue weighted by atomic mass is 16.2. The van der Waals surface area contributed by atoms with Crippen molar-refractivity contribution in [3.8, 4) is 0 Å². The lowest BCUT2D eigenvalue weighted by Gasteiger charge is -2.22. The maximum atomic E-state index is 11.7. The molecule has 0 bridgehead atoms. The first-order valence-electron chi connectivity index (χ1n) is 7.52. The molecule has 1 amide bonds. The van der Waals surface area contributed by atoms with E-state index in [1.165, 1.54) is 11.3 Å². The Morgan fingerprint density at radius 2 is 2.00 bits per heavy atom. The topological polar surface area (TPSA) is 44.4 Å². The molecule has 2 rings (SSSR count). The summed E-state index contributed by atoms with van der Waals surface area (Å²) in [6, 6.07) is 6.78. The highest BCUT2D eigenvalue weighted by Gasteiger charge is 2.22.